The molecule has 1 aliphatic heterocycles. The fourth-order valence-corrected chi connectivity index (χ4v) is 4.11. The highest BCUT2D eigenvalue weighted by molar-refractivity contribution is 6.02. The van der Waals surface area contributed by atoms with E-state index in [0.717, 1.165) is 5.56 Å². The fourth-order valence-electron chi connectivity index (χ4n) is 4.11. The van der Waals surface area contributed by atoms with Gasteiger partial charge in [-0.25, -0.2) is 8.78 Å². The van der Waals surface area contributed by atoms with Gasteiger partial charge in [-0.2, -0.15) is 0 Å². The van der Waals surface area contributed by atoms with E-state index >= 15 is 0 Å². The molecule has 0 atom stereocenters. The number of rotatable bonds is 6. The van der Waals surface area contributed by atoms with Crippen LogP contribution in [0.3, 0.4) is 0 Å². The van der Waals surface area contributed by atoms with Crippen LogP contribution >= 0.6 is 0 Å². The van der Waals surface area contributed by atoms with Crippen molar-refractivity contribution in [2.75, 3.05) is 36.4 Å². The molecule has 1 saturated heterocycles. The van der Waals surface area contributed by atoms with Crippen LogP contribution in [0.25, 0.3) is 0 Å². The van der Waals surface area contributed by atoms with Crippen LogP contribution in [-0.4, -0.2) is 48.8 Å². The lowest BCUT2D eigenvalue weighted by Gasteiger charge is -2.37. The predicted molar refractivity (Wildman–Crippen MR) is 133 cm³/mol. The molecule has 0 bridgehead atoms. The first-order valence-electron chi connectivity index (χ1n) is 11.5. The Balaban J connectivity index is 1.50. The number of anilines is 2. The Morgan fingerprint density at radius 3 is 2.22 bits per heavy atom. The van der Waals surface area contributed by atoms with Crippen molar-refractivity contribution >= 4 is 29.1 Å². The second kappa shape index (κ2) is 11.0. The highest BCUT2D eigenvalue weighted by Crippen LogP contribution is 2.26. The molecular formula is C27H26F2N4O3. The molecule has 1 heterocycles. The topological polar surface area (TPSA) is 81.8 Å². The van der Waals surface area contributed by atoms with Gasteiger partial charge in [0.25, 0.3) is 11.8 Å². The van der Waals surface area contributed by atoms with Crippen molar-refractivity contribution in [2.45, 2.75) is 13.5 Å². The van der Waals surface area contributed by atoms with Gasteiger partial charge in [0.05, 0.1) is 11.1 Å². The summed E-state index contributed by atoms with van der Waals surface area (Å²) in [6.45, 7) is 3.19. The Kier molecular flexibility index (Phi) is 7.58. The zero-order valence-corrected chi connectivity index (χ0v) is 19.8. The Morgan fingerprint density at radius 2 is 1.56 bits per heavy atom. The number of nitrogens with zero attached hydrogens (tertiary/aromatic N) is 2. The predicted octanol–water partition coefficient (Wildman–Crippen LogP) is 3.82. The van der Waals surface area contributed by atoms with Crippen molar-refractivity contribution in [1.29, 1.82) is 0 Å². The van der Waals surface area contributed by atoms with Gasteiger partial charge >= 0.3 is 0 Å². The van der Waals surface area contributed by atoms with Gasteiger partial charge in [0, 0.05) is 51.0 Å². The van der Waals surface area contributed by atoms with Crippen molar-refractivity contribution in [1.82, 2.24) is 10.2 Å². The zero-order valence-electron chi connectivity index (χ0n) is 19.8. The summed E-state index contributed by atoms with van der Waals surface area (Å²) in [6.07, 6.45) is 0. The largest absolute Gasteiger partial charge is 0.367 e. The Morgan fingerprint density at radius 1 is 0.861 bits per heavy atom. The molecular weight excluding hydrogens is 466 g/mol. The highest BCUT2D eigenvalue weighted by atomic mass is 19.1. The van der Waals surface area contributed by atoms with Gasteiger partial charge in [0.15, 0.2) is 0 Å². The fraction of sp³-hybridized carbons (Fsp3) is 0.222. The summed E-state index contributed by atoms with van der Waals surface area (Å²) in [5.41, 5.74) is 2.26. The van der Waals surface area contributed by atoms with Crippen molar-refractivity contribution in [2.24, 2.45) is 0 Å². The molecule has 0 unspecified atom stereocenters. The molecule has 9 heteroatoms. The van der Waals surface area contributed by atoms with Gasteiger partial charge in [0.2, 0.25) is 5.91 Å². The van der Waals surface area contributed by atoms with Gasteiger partial charge < -0.3 is 20.4 Å². The van der Waals surface area contributed by atoms with Gasteiger partial charge in [-0.1, -0.05) is 24.3 Å². The summed E-state index contributed by atoms with van der Waals surface area (Å²) in [5.74, 6) is -1.90. The molecule has 3 amide bonds. The number of amides is 3. The number of hydrogen-bond donors (Lipinski definition) is 2. The van der Waals surface area contributed by atoms with Gasteiger partial charge in [-0.3, -0.25) is 14.4 Å². The van der Waals surface area contributed by atoms with Crippen molar-refractivity contribution in [3.63, 3.8) is 0 Å². The lowest BCUT2D eigenvalue weighted by Crippen LogP contribution is -2.49. The lowest BCUT2D eigenvalue weighted by atomic mass is 10.1. The third-order valence-electron chi connectivity index (χ3n) is 5.94. The molecule has 1 aliphatic rings. The van der Waals surface area contributed by atoms with Crippen LogP contribution in [0, 0.1) is 11.6 Å². The number of piperazine rings is 1. The summed E-state index contributed by atoms with van der Waals surface area (Å²) < 4.78 is 27.3. The van der Waals surface area contributed by atoms with E-state index in [1.807, 2.05) is 4.90 Å². The van der Waals surface area contributed by atoms with E-state index in [9.17, 15) is 23.2 Å². The molecule has 4 rings (SSSR count). The normalized spacial score (nSPS) is 13.3. The van der Waals surface area contributed by atoms with Crippen molar-refractivity contribution in [3.05, 3.63) is 95.1 Å². The van der Waals surface area contributed by atoms with Crippen molar-refractivity contribution in [3.8, 4) is 0 Å². The third-order valence-corrected chi connectivity index (χ3v) is 5.94. The molecule has 2 N–H and O–H groups in total. The minimum absolute atomic E-state index is 0.0338. The minimum atomic E-state index is -0.557. The number of halogens is 2. The summed E-state index contributed by atoms with van der Waals surface area (Å²) in [4.78, 5) is 41.0. The molecule has 3 aromatic carbocycles. The van der Waals surface area contributed by atoms with E-state index in [0.29, 0.717) is 43.1 Å². The average molecular weight is 493 g/mol. The number of carbonyl (C=O) groups is 3. The maximum Gasteiger partial charge on any atom is 0.256 e. The molecule has 1 fully saturated rings. The van der Waals surface area contributed by atoms with Gasteiger partial charge in [-0.15, -0.1) is 0 Å². The van der Waals surface area contributed by atoms with E-state index in [1.54, 1.807) is 41.3 Å². The second-order valence-corrected chi connectivity index (χ2v) is 8.48. The summed E-state index contributed by atoms with van der Waals surface area (Å²) in [6, 6.07) is 16.8. The van der Waals surface area contributed by atoms with Crippen LogP contribution in [0.2, 0.25) is 0 Å². The molecule has 3 aromatic rings. The van der Waals surface area contributed by atoms with E-state index in [4.69, 9.17) is 0 Å². The van der Waals surface area contributed by atoms with Gasteiger partial charge in [-0.05, 0) is 48.0 Å². The molecule has 0 radical (unpaired) electrons. The van der Waals surface area contributed by atoms with E-state index in [2.05, 4.69) is 10.6 Å². The first kappa shape index (κ1) is 24.8. The maximum atomic E-state index is 14.1. The Bertz CT molecular complexity index is 1270. The van der Waals surface area contributed by atoms with Gasteiger partial charge in [0.1, 0.15) is 11.6 Å². The van der Waals surface area contributed by atoms with E-state index < -0.39 is 5.82 Å². The van der Waals surface area contributed by atoms with Crippen LogP contribution < -0.4 is 15.5 Å². The second-order valence-electron chi connectivity index (χ2n) is 8.48. The van der Waals surface area contributed by atoms with Crippen LogP contribution in [0.1, 0.15) is 33.2 Å². The monoisotopic (exact) mass is 492 g/mol. The smallest absolute Gasteiger partial charge is 0.256 e. The highest BCUT2D eigenvalue weighted by Gasteiger charge is 2.26. The molecule has 186 valence electrons. The van der Waals surface area contributed by atoms with Crippen LogP contribution in [-0.2, 0) is 11.3 Å². The lowest BCUT2D eigenvalue weighted by molar-refractivity contribution is -0.114. The van der Waals surface area contributed by atoms with Crippen LogP contribution in [0.4, 0.5) is 20.2 Å². The van der Waals surface area contributed by atoms with Crippen LogP contribution in [0.15, 0.2) is 66.7 Å². The zero-order chi connectivity index (χ0) is 25.7. The Hall–Kier alpha value is -4.27. The first-order valence-corrected chi connectivity index (χ1v) is 11.5. The minimum Gasteiger partial charge on any atom is -0.367 e. The number of nitrogens with one attached hydrogen (secondary N) is 2. The van der Waals surface area contributed by atoms with Crippen LogP contribution in [0.5, 0.6) is 0 Å². The maximum absolute atomic E-state index is 14.1. The summed E-state index contributed by atoms with van der Waals surface area (Å²) >= 11 is 0. The summed E-state index contributed by atoms with van der Waals surface area (Å²) in [7, 11) is 0. The number of hydrogen-bond acceptors (Lipinski definition) is 4. The van der Waals surface area contributed by atoms with E-state index in [-0.39, 0.29) is 35.6 Å². The third kappa shape index (κ3) is 5.86. The number of carbonyl (C=O) groups excluding carboxylic acids is 3. The molecule has 0 aromatic heterocycles. The average Bonchev–Trinajstić information content (AvgIpc) is 2.88. The molecule has 7 nitrogen and oxygen atoms in total. The van der Waals surface area contributed by atoms with E-state index in [1.165, 1.54) is 37.3 Å². The first-order chi connectivity index (χ1) is 17.3. The summed E-state index contributed by atoms with van der Waals surface area (Å²) in [5, 5.41) is 5.53. The molecule has 0 aliphatic carbocycles. The van der Waals surface area contributed by atoms with Crippen molar-refractivity contribution < 1.29 is 23.2 Å². The molecule has 0 spiro atoms. The molecule has 36 heavy (non-hydrogen) atoms. The Labute approximate surface area is 207 Å². The number of benzene rings is 3. The SMILES string of the molecule is CC(=O)Nc1ccc(N2CCN(C(=O)c3ccccc3F)CC2)c(C(=O)NCc2ccc(F)cc2)c1. The standard InChI is InChI=1S/C27H26F2N4O3/c1-18(34)31-21-10-11-25(23(16-21)26(35)30-17-19-6-8-20(28)9-7-19)32-12-14-33(15-13-32)27(36)22-4-2-3-5-24(22)29/h2-11,16H,12-15,17H2,1H3,(H,30,35)(H,31,34). The quantitative estimate of drug-likeness (QED) is 0.548. The molecule has 0 saturated carbocycles.